The van der Waals surface area contributed by atoms with Crippen LogP contribution in [0.4, 0.5) is 5.69 Å². The Morgan fingerprint density at radius 3 is 1.79 bits per heavy atom. The van der Waals surface area contributed by atoms with Crippen LogP contribution in [0.15, 0.2) is 30.3 Å². The van der Waals surface area contributed by atoms with Gasteiger partial charge in [0.1, 0.15) is 0 Å². The molecule has 0 bridgehead atoms. The maximum Gasteiger partial charge on any atom is 0.269 e. The Kier molecular flexibility index (Phi) is 13.9. The van der Waals surface area contributed by atoms with Gasteiger partial charge in [0.2, 0.25) is 0 Å². The van der Waals surface area contributed by atoms with Crippen molar-refractivity contribution in [2.45, 2.75) is 20.3 Å². The predicted octanol–water partition coefficient (Wildman–Crippen LogP) is 4.06. The molecule has 80 valence electrons. The molecule has 0 N–H and O–H groups in total. The second kappa shape index (κ2) is 12.3. The highest BCUT2D eigenvalue weighted by atomic mass is 127. The number of para-hydroxylation sites is 1. The number of rotatable bonds is 1. The number of hydrogen-bond donors (Lipinski definition) is 0. The molecule has 0 amide bonds. The second-order valence-corrected chi connectivity index (χ2v) is 2.30. The zero-order valence-electron chi connectivity index (χ0n) is 8.74. The lowest BCUT2D eigenvalue weighted by atomic mass is 10.3. The van der Waals surface area contributed by atoms with Gasteiger partial charge in [-0.25, -0.2) is 0 Å². The first-order chi connectivity index (χ1) is 6.72. The topological polar surface area (TPSA) is 43.1 Å². The van der Waals surface area contributed by atoms with Gasteiger partial charge in [-0.05, 0) is 4.93 Å². The number of hydrogen-bond acceptors (Lipinski definition) is 2. The number of nitro groups is 1. The summed E-state index contributed by atoms with van der Waals surface area (Å²) < 4.78 is 0. The molecule has 1 aromatic rings. The fourth-order valence-corrected chi connectivity index (χ4v) is 0.550. The molecule has 1 aromatic carbocycles. The fraction of sp³-hybridized carbons (Fsp3) is 0.400. The average Bonchev–Trinajstić information content (AvgIpc) is 2.23. The SMILES string of the molecule is CCC.CI.O=[N+]([O-])c1ccccc1. The van der Waals surface area contributed by atoms with Crippen molar-refractivity contribution in [3.63, 3.8) is 0 Å². The maximum atomic E-state index is 10.0. The molecule has 0 heterocycles. The van der Waals surface area contributed by atoms with E-state index in [9.17, 15) is 10.1 Å². The molecule has 4 heteroatoms. The molecule has 0 fully saturated rings. The van der Waals surface area contributed by atoms with E-state index in [1.807, 2.05) is 4.93 Å². The number of alkyl halides is 1. The summed E-state index contributed by atoms with van der Waals surface area (Å²) in [5.74, 6) is 0. The van der Waals surface area contributed by atoms with Crippen LogP contribution < -0.4 is 0 Å². The maximum absolute atomic E-state index is 10.0. The second-order valence-electron chi connectivity index (χ2n) is 2.30. The lowest BCUT2D eigenvalue weighted by Crippen LogP contribution is -1.84. The van der Waals surface area contributed by atoms with Crippen molar-refractivity contribution in [1.82, 2.24) is 0 Å². The highest BCUT2D eigenvalue weighted by Gasteiger charge is 1.98. The third kappa shape index (κ3) is 9.44. The van der Waals surface area contributed by atoms with E-state index in [2.05, 4.69) is 36.4 Å². The first kappa shape index (κ1) is 15.8. The van der Waals surface area contributed by atoms with Gasteiger partial charge in [-0.2, -0.15) is 0 Å². The Morgan fingerprint density at radius 1 is 1.21 bits per heavy atom. The molecule has 0 aliphatic carbocycles. The van der Waals surface area contributed by atoms with Gasteiger partial charge in [-0.15, -0.1) is 0 Å². The van der Waals surface area contributed by atoms with E-state index in [1.54, 1.807) is 18.2 Å². The van der Waals surface area contributed by atoms with Crippen molar-refractivity contribution in [1.29, 1.82) is 0 Å². The molecule has 0 unspecified atom stereocenters. The number of nitro benzene ring substituents is 1. The Hall–Kier alpha value is -0.650. The summed E-state index contributed by atoms with van der Waals surface area (Å²) in [5, 5.41) is 10.0. The van der Waals surface area contributed by atoms with Crippen LogP contribution in [0, 0.1) is 10.1 Å². The van der Waals surface area contributed by atoms with Crippen molar-refractivity contribution in [3.05, 3.63) is 40.4 Å². The Morgan fingerprint density at radius 2 is 1.57 bits per heavy atom. The lowest BCUT2D eigenvalue weighted by Gasteiger charge is -1.85. The lowest BCUT2D eigenvalue weighted by molar-refractivity contribution is -0.384. The number of benzene rings is 1. The first-order valence-electron chi connectivity index (χ1n) is 4.29. The Balaban J connectivity index is 0. The van der Waals surface area contributed by atoms with E-state index in [1.165, 1.54) is 18.6 Å². The van der Waals surface area contributed by atoms with Crippen LogP contribution >= 0.6 is 22.6 Å². The van der Waals surface area contributed by atoms with Gasteiger partial charge >= 0.3 is 0 Å². The van der Waals surface area contributed by atoms with Gasteiger partial charge in [-0.1, -0.05) is 61.1 Å². The van der Waals surface area contributed by atoms with E-state index in [4.69, 9.17) is 0 Å². The smallest absolute Gasteiger partial charge is 0.258 e. The van der Waals surface area contributed by atoms with E-state index in [0.717, 1.165) is 0 Å². The monoisotopic (exact) mass is 309 g/mol. The van der Waals surface area contributed by atoms with Gasteiger partial charge < -0.3 is 0 Å². The standard InChI is InChI=1S/C6H5NO2.C3H8.CH3I/c8-7(9)6-4-2-1-3-5-6;1-3-2;1-2/h1-5H;3H2,1-2H3;1H3. The average molecular weight is 309 g/mol. The highest BCUT2D eigenvalue weighted by molar-refractivity contribution is 14.1. The molecule has 0 aliphatic rings. The summed E-state index contributed by atoms with van der Waals surface area (Å²) in [4.78, 5) is 11.6. The van der Waals surface area contributed by atoms with Crippen LogP contribution in [0.3, 0.4) is 0 Å². The van der Waals surface area contributed by atoms with Crippen molar-refractivity contribution < 1.29 is 4.92 Å². The summed E-state index contributed by atoms with van der Waals surface area (Å²) in [6.07, 6.45) is 1.25. The minimum Gasteiger partial charge on any atom is -0.258 e. The molecular weight excluding hydrogens is 293 g/mol. The highest BCUT2D eigenvalue weighted by Crippen LogP contribution is 2.06. The third-order valence-corrected chi connectivity index (χ3v) is 0.967. The predicted molar refractivity (Wildman–Crippen MR) is 69.0 cm³/mol. The molecule has 0 aliphatic heterocycles. The molecule has 0 saturated carbocycles. The number of nitrogens with zero attached hydrogens (tertiary/aromatic N) is 1. The number of non-ortho nitro benzene ring substituents is 1. The summed E-state index contributed by atoms with van der Waals surface area (Å²) in [7, 11) is 0. The molecule has 14 heavy (non-hydrogen) atoms. The zero-order valence-corrected chi connectivity index (χ0v) is 10.9. The molecule has 0 aromatic heterocycles. The van der Waals surface area contributed by atoms with Gasteiger partial charge in [0.15, 0.2) is 0 Å². The Bertz CT molecular complexity index is 227. The Labute approximate surface area is 98.8 Å². The summed E-state index contributed by atoms with van der Waals surface area (Å²) >= 11 is 2.15. The van der Waals surface area contributed by atoms with Crippen LogP contribution in [0.5, 0.6) is 0 Å². The van der Waals surface area contributed by atoms with Crippen molar-refractivity contribution in [2.24, 2.45) is 0 Å². The van der Waals surface area contributed by atoms with Crippen molar-refractivity contribution >= 4 is 28.3 Å². The summed E-state index contributed by atoms with van der Waals surface area (Å²) in [6.45, 7) is 4.25. The molecule has 3 nitrogen and oxygen atoms in total. The van der Waals surface area contributed by atoms with Crippen LogP contribution in [0.25, 0.3) is 0 Å². The summed E-state index contributed by atoms with van der Waals surface area (Å²) in [6, 6.07) is 7.93. The van der Waals surface area contributed by atoms with Crippen LogP contribution in [-0.2, 0) is 0 Å². The fourth-order valence-electron chi connectivity index (χ4n) is 0.550. The van der Waals surface area contributed by atoms with Gasteiger partial charge in [0.25, 0.3) is 5.69 Å². The van der Waals surface area contributed by atoms with Gasteiger partial charge in [0.05, 0.1) is 4.92 Å². The van der Waals surface area contributed by atoms with Crippen LogP contribution in [0.1, 0.15) is 20.3 Å². The van der Waals surface area contributed by atoms with Crippen LogP contribution in [0.2, 0.25) is 0 Å². The minimum absolute atomic E-state index is 0.137. The molecular formula is C10H16INO2. The third-order valence-electron chi connectivity index (χ3n) is 0.967. The van der Waals surface area contributed by atoms with Gasteiger partial charge in [-0.3, -0.25) is 10.1 Å². The van der Waals surface area contributed by atoms with E-state index in [-0.39, 0.29) is 5.69 Å². The van der Waals surface area contributed by atoms with Crippen LogP contribution in [-0.4, -0.2) is 9.85 Å². The van der Waals surface area contributed by atoms with E-state index < -0.39 is 4.92 Å². The largest absolute Gasteiger partial charge is 0.269 e. The van der Waals surface area contributed by atoms with E-state index >= 15 is 0 Å². The summed E-state index contributed by atoms with van der Waals surface area (Å²) in [5.41, 5.74) is 0.137. The van der Waals surface area contributed by atoms with Crippen molar-refractivity contribution in [3.8, 4) is 0 Å². The molecule has 0 atom stereocenters. The van der Waals surface area contributed by atoms with E-state index in [0.29, 0.717) is 0 Å². The molecule has 0 saturated heterocycles. The minimum atomic E-state index is -0.417. The zero-order chi connectivity index (χ0) is 11.4. The van der Waals surface area contributed by atoms with Gasteiger partial charge in [0, 0.05) is 12.1 Å². The normalized spacial score (nSPS) is 7.43. The van der Waals surface area contributed by atoms with Crippen molar-refractivity contribution in [2.75, 3.05) is 4.93 Å². The first-order valence-corrected chi connectivity index (χ1v) is 6.45. The molecule has 0 radical (unpaired) electrons. The molecule has 1 rings (SSSR count). The quantitative estimate of drug-likeness (QED) is 0.340. The number of halogens is 1. The molecule has 0 spiro atoms.